The van der Waals surface area contributed by atoms with Crippen molar-refractivity contribution in [3.63, 3.8) is 0 Å². The number of rotatable bonds is 6. The molecule has 1 aliphatic heterocycles. The number of hydrogen-bond donors (Lipinski definition) is 0. The zero-order chi connectivity index (χ0) is 15.8. The van der Waals surface area contributed by atoms with Gasteiger partial charge >= 0.3 is 0 Å². The van der Waals surface area contributed by atoms with Crippen LogP contribution in [0.4, 0.5) is 5.82 Å². The third-order valence-corrected chi connectivity index (χ3v) is 5.30. The molecule has 0 N–H and O–H groups in total. The van der Waals surface area contributed by atoms with Crippen molar-refractivity contribution in [1.29, 1.82) is 0 Å². The lowest BCUT2D eigenvalue weighted by molar-refractivity contribution is 0.712. The average molecular weight is 310 g/mol. The Labute approximate surface area is 138 Å². The van der Waals surface area contributed by atoms with Crippen molar-refractivity contribution in [3.05, 3.63) is 41.6 Å². The molecule has 2 fully saturated rings. The minimum Gasteiger partial charge on any atom is -0.356 e. The van der Waals surface area contributed by atoms with Crippen molar-refractivity contribution >= 4 is 5.82 Å². The summed E-state index contributed by atoms with van der Waals surface area (Å²) in [6.07, 6.45) is 8.58. The Kier molecular flexibility index (Phi) is 3.83. The van der Waals surface area contributed by atoms with E-state index in [2.05, 4.69) is 46.6 Å². The molecule has 4 heteroatoms. The van der Waals surface area contributed by atoms with Gasteiger partial charge in [-0.1, -0.05) is 26.3 Å². The topological polar surface area (TPSA) is 34.0 Å². The number of nitrogens with zero attached hydrogens (tertiary/aromatic N) is 4. The Hall–Kier alpha value is -1.84. The Morgan fingerprint density at radius 3 is 2.74 bits per heavy atom. The van der Waals surface area contributed by atoms with Crippen molar-refractivity contribution in [3.8, 4) is 0 Å². The van der Waals surface area contributed by atoms with Crippen LogP contribution in [0, 0.1) is 11.8 Å². The van der Waals surface area contributed by atoms with E-state index >= 15 is 0 Å². The molecule has 4 nitrogen and oxygen atoms in total. The Bertz CT molecular complexity index is 680. The van der Waals surface area contributed by atoms with Gasteiger partial charge in [0, 0.05) is 37.6 Å². The second-order valence-electron chi connectivity index (χ2n) is 7.01. The van der Waals surface area contributed by atoms with Crippen LogP contribution in [0.25, 0.3) is 0 Å². The number of aryl methyl sites for hydroxylation is 2. The van der Waals surface area contributed by atoms with Gasteiger partial charge in [0.15, 0.2) is 0 Å². The van der Waals surface area contributed by atoms with E-state index in [1.54, 1.807) is 0 Å². The van der Waals surface area contributed by atoms with E-state index in [0.717, 1.165) is 43.5 Å². The van der Waals surface area contributed by atoms with Crippen LogP contribution in [-0.2, 0) is 19.4 Å². The summed E-state index contributed by atoms with van der Waals surface area (Å²) in [5, 5.41) is 0. The molecular formula is C19H26N4. The van der Waals surface area contributed by atoms with Gasteiger partial charge < -0.3 is 9.47 Å². The number of piperidine rings is 1. The maximum absolute atomic E-state index is 5.03. The van der Waals surface area contributed by atoms with Crippen molar-refractivity contribution in [2.45, 2.75) is 46.1 Å². The molecule has 2 unspecified atom stereocenters. The summed E-state index contributed by atoms with van der Waals surface area (Å²) < 4.78 is 2.25. The number of fused-ring (bicyclic) bond motifs is 1. The molecule has 23 heavy (non-hydrogen) atoms. The van der Waals surface area contributed by atoms with E-state index in [4.69, 9.17) is 4.98 Å². The fraction of sp³-hybridized carbons (Fsp3) is 0.579. The number of aromatic nitrogens is 3. The molecule has 0 bridgehead atoms. The summed E-state index contributed by atoms with van der Waals surface area (Å²) in [5.41, 5.74) is 2.61. The molecule has 3 heterocycles. The van der Waals surface area contributed by atoms with Gasteiger partial charge in [0.1, 0.15) is 11.6 Å². The highest BCUT2D eigenvalue weighted by Gasteiger charge is 2.45. The van der Waals surface area contributed by atoms with E-state index in [1.807, 2.05) is 6.20 Å². The van der Waals surface area contributed by atoms with E-state index in [0.29, 0.717) is 0 Å². The van der Waals surface area contributed by atoms with Crippen LogP contribution < -0.4 is 4.90 Å². The third kappa shape index (κ3) is 2.87. The van der Waals surface area contributed by atoms with Crippen LogP contribution in [0.3, 0.4) is 0 Å². The largest absolute Gasteiger partial charge is 0.356 e. The number of hydrogen-bond acceptors (Lipinski definition) is 3. The molecule has 4 rings (SSSR count). The predicted octanol–water partition coefficient (Wildman–Crippen LogP) is 3.30. The summed E-state index contributed by atoms with van der Waals surface area (Å²) in [4.78, 5) is 11.9. The zero-order valence-corrected chi connectivity index (χ0v) is 14.2. The molecular weight excluding hydrogens is 284 g/mol. The van der Waals surface area contributed by atoms with Gasteiger partial charge in [-0.05, 0) is 36.3 Å². The standard InChI is InChI=1S/C19H26N4/c1-3-5-17-14(11-22-9-8-20-18(22)4-2)6-7-19(21-17)23-12-15-10-16(15)13-23/h6-9,15-16H,3-5,10-13H2,1-2H3. The van der Waals surface area contributed by atoms with Crippen molar-refractivity contribution in [2.75, 3.05) is 18.0 Å². The molecule has 1 saturated heterocycles. The molecule has 122 valence electrons. The van der Waals surface area contributed by atoms with Gasteiger partial charge in [0.25, 0.3) is 0 Å². The minimum absolute atomic E-state index is 0.886. The first kappa shape index (κ1) is 14.7. The van der Waals surface area contributed by atoms with Gasteiger partial charge in [-0.3, -0.25) is 0 Å². The Morgan fingerprint density at radius 1 is 1.17 bits per heavy atom. The van der Waals surface area contributed by atoms with Crippen molar-refractivity contribution < 1.29 is 0 Å². The van der Waals surface area contributed by atoms with E-state index in [1.165, 1.54) is 36.6 Å². The first-order chi connectivity index (χ1) is 11.3. The van der Waals surface area contributed by atoms with Crippen LogP contribution in [-0.4, -0.2) is 27.6 Å². The number of imidazole rings is 1. The van der Waals surface area contributed by atoms with E-state index in [9.17, 15) is 0 Å². The molecule has 2 aromatic heterocycles. The highest BCUT2D eigenvalue weighted by Crippen LogP contribution is 2.46. The molecule has 0 aromatic carbocycles. The summed E-state index contributed by atoms with van der Waals surface area (Å²) in [6.45, 7) is 7.70. The average Bonchev–Trinajstić information content (AvgIpc) is 2.98. The fourth-order valence-electron chi connectivity index (χ4n) is 3.86. The summed E-state index contributed by atoms with van der Waals surface area (Å²) >= 11 is 0. The van der Waals surface area contributed by atoms with Gasteiger partial charge in [-0.2, -0.15) is 0 Å². The quantitative estimate of drug-likeness (QED) is 0.821. The predicted molar refractivity (Wildman–Crippen MR) is 92.7 cm³/mol. The highest BCUT2D eigenvalue weighted by molar-refractivity contribution is 5.44. The second kappa shape index (κ2) is 5.99. The van der Waals surface area contributed by atoms with Gasteiger partial charge in [-0.25, -0.2) is 9.97 Å². The smallest absolute Gasteiger partial charge is 0.128 e. The van der Waals surface area contributed by atoms with Crippen molar-refractivity contribution in [2.24, 2.45) is 11.8 Å². The van der Waals surface area contributed by atoms with Crippen molar-refractivity contribution in [1.82, 2.24) is 14.5 Å². The molecule has 2 aliphatic rings. The summed E-state index contributed by atoms with van der Waals surface area (Å²) in [5.74, 6) is 4.23. The van der Waals surface area contributed by atoms with Crippen LogP contribution >= 0.6 is 0 Å². The molecule has 0 spiro atoms. The van der Waals surface area contributed by atoms with E-state index < -0.39 is 0 Å². The molecule has 0 amide bonds. The van der Waals surface area contributed by atoms with E-state index in [-0.39, 0.29) is 0 Å². The SMILES string of the molecule is CCCc1nc(N2CC3CC3C2)ccc1Cn1ccnc1CC. The highest BCUT2D eigenvalue weighted by atomic mass is 15.2. The second-order valence-corrected chi connectivity index (χ2v) is 7.01. The fourth-order valence-corrected chi connectivity index (χ4v) is 3.86. The number of anilines is 1. The molecule has 0 radical (unpaired) electrons. The van der Waals surface area contributed by atoms with Crippen LogP contribution in [0.15, 0.2) is 24.5 Å². The lowest BCUT2D eigenvalue weighted by Gasteiger charge is -2.21. The molecule has 2 atom stereocenters. The lowest BCUT2D eigenvalue weighted by atomic mass is 10.1. The molecule has 2 aromatic rings. The van der Waals surface area contributed by atoms with Gasteiger partial charge in [-0.15, -0.1) is 0 Å². The maximum atomic E-state index is 5.03. The zero-order valence-electron chi connectivity index (χ0n) is 14.2. The summed E-state index contributed by atoms with van der Waals surface area (Å²) in [7, 11) is 0. The maximum Gasteiger partial charge on any atom is 0.128 e. The Morgan fingerprint density at radius 2 is 2.00 bits per heavy atom. The first-order valence-corrected chi connectivity index (χ1v) is 9.02. The van der Waals surface area contributed by atoms with Crippen LogP contribution in [0.5, 0.6) is 0 Å². The lowest BCUT2D eigenvalue weighted by Crippen LogP contribution is -2.23. The third-order valence-electron chi connectivity index (χ3n) is 5.30. The molecule has 1 aliphatic carbocycles. The Balaban J connectivity index is 1.58. The van der Waals surface area contributed by atoms with Gasteiger partial charge in [0.2, 0.25) is 0 Å². The minimum atomic E-state index is 0.886. The van der Waals surface area contributed by atoms with Crippen LogP contribution in [0.2, 0.25) is 0 Å². The summed E-state index contributed by atoms with van der Waals surface area (Å²) in [6, 6.07) is 4.51. The normalized spacial score (nSPS) is 22.4. The first-order valence-electron chi connectivity index (χ1n) is 9.02. The molecule has 1 saturated carbocycles. The number of pyridine rings is 1. The van der Waals surface area contributed by atoms with Crippen LogP contribution in [0.1, 0.15) is 43.8 Å². The van der Waals surface area contributed by atoms with Gasteiger partial charge in [0.05, 0.1) is 6.54 Å². The monoisotopic (exact) mass is 310 g/mol.